The molecule has 0 atom stereocenters. The number of carboxylic acid groups (broad SMARTS) is 1. The normalized spacial score (nSPS) is 11.4. The molecule has 0 bridgehead atoms. The summed E-state index contributed by atoms with van der Waals surface area (Å²) in [5.74, 6) is -1.17. The minimum Gasteiger partial charge on any atom is -0.477 e. The molecular weight excluding hydrogens is 404 g/mol. The number of thiophene rings is 1. The minimum atomic E-state index is -3.94. The predicted molar refractivity (Wildman–Crippen MR) is 83.8 cm³/mol. The van der Waals surface area contributed by atoms with Crippen molar-refractivity contribution in [3.8, 4) is 0 Å². The molecule has 0 amide bonds. The first-order valence-electron chi connectivity index (χ1n) is 5.38. The fraction of sp³-hybridized carbons (Fsp3) is 0.0909. The Morgan fingerprint density at radius 1 is 1.48 bits per heavy atom. The van der Waals surface area contributed by atoms with Gasteiger partial charge in [-0.1, -0.05) is 11.6 Å². The van der Waals surface area contributed by atoms with Gasteiger partial charge in [0, 0.05) is 15.5 Å². The number of aromatic nitrogens is 1. The number of halogens is 2. The van der Waals surface area contributed by atoms with Gasteiger partial charge in [-0.15, -0.1) is 11.3 Å². The lowest BCUT2D eigenvalue weighted by Gasteiger charge is -2.09. The fourth-order valence-electron chi connectivity index (χ4n) is 1.53. The van der Waals surface area contributed by atoms with Crippen molar-refractivity contribution in [1.29, 1.82) is 0 Å². The smallest absolute Gasteiger partial charge is 0.345 e. The van der Waals surface area contributed by atoms with E-state index in [9.17, 15) is 13.2 Å². The molecule has 0 aliphatic rings. The van der Waals surface area contributed by atoms with E-state index < -0.39 is 16.0 Å². The molecule has 2 aromatic rings. The number of hydrogen-bond acceptors (Lipinski definition) is 5. The lowest BCUT2D eigenvalue weighted by atomic mass is 10.4. The molecule has 21 heavy (non-hydrogen) atoms. The Morgan fingerprint density at radius 2 is 2.14 bits per heavy atom. The van der Waals surface area contributed by atoms with Crippen molar-refractivity contribution in [2.24, 2.45) is 0 Å². The molecule has 0 saturated heterocycles. The van der Waals surface area contributed by atoms with Crippen LogP contribution in [0.4, 0.5) is 5.69 Å². The number of sulfonamides is 1. The molecule has 0 spiro atoms. The number of rotatable bonds is 4. The first kappa shape index (κ1) is 16.2. The van der Waals surface area contributed by atoms with Crippen LogP contribution in [0.5, 0.6) is 0 Å². The van der Waals surface area contributed by atoms with Gasteiger partial charge in [-0.2, -0.15) is 0 Å². The van der Waals surface area contributed by atoms with E-state index in [-0.39, 0.29) is 20.6 Å². The number of nitrogens with one attached hydrogen (secondary N) is 1. The number of carbonyl (C=O) groups is 1. The number of aromatic carboxylic acids is 1. The van der Waals surface area contributed by atoms with E-state index >= 15 is 0 Å². The van der Waals surface area contributed by atoms with Crippen LogP contribution >= 0.6 is 38.9 Å². The van der Waals surface area contributed by atoms with Crippen molar-refractivity contribution in [3.05, 3.63) is 37.7 Å². The summed E-state index contributed by atoms with van der Waals surface area (Å²) in [5.41, 5.74) is 0.105. The third-order valence-corrected chi connectivity index (χ3v) is 5.82. The van der Waals surface area contributed by atoms with Gasteiger partial charge in [-0.05, 0) is 35.0 Å². The molecule has 0 aromatic carbocycles. The second-order valence-electron chi connectivity index (χ2n) is 3.93. The monoisotopic (exact) mass is 410 g/mol. The molecule has 0 saturated carbocycles. The summed E-state index contributed by atoms with van der Waals surface area (Å²) in [4.78, 5) is 14.9. The van der Waals surface area contributed by atoms with Crippen LogP contribution in [0.25, 0.3) is 0 Å². The molecular formula is C11H8BrClN2O4S2. The van der Waals surface area contributed by atoms with E-state index in [1.54, 1.807) is 0 Å². The zero-order valence-corrected chi connectivity index (χ0v) is 14.4. The Labute approximate surface area is 138 Å². The Hall–Kier alpha value is -1.16. The number of anilines is 1. The van der Waals surface area contributed by atoms with Gasteiger partial charge in [0.05, 0.1) is 5.69 Å². The summed E-state index contributed by atoms with van der Waals surface area (Å²) in [6.07, 6.45) is 1.43. The molecule has 0 aliphatic heterocycles. The summed E-state index contributed by atoms with van der Waals surface area (Å²) < 4.78 is 27.5. The van der Waals surface area contributed by atoms with Gasteiger partial charge < -0.3 is 5.11 Å². The van der Waals surface area contributed by atoms with E-state index in [2.05, 4.69) is 25.6 Å². The summed E-state index contributed by atoms with van der Waals surface area (Å²) in [6.45, 7) is 1.53. The SMILES string of the molecule is Cc1sc(C(=O)O)cc1S(=O)(=O)Nc1cc(Br)cnc1Cl. The molecule has 10 heteroatoms. The first-order chi connectivity index (χ1) is 9.70. The largest absolute Gasteiger partial charge is 0.477 e. The van der Waals surface area contributed by atoms with Crippen molar-refractivity contribution in [3.63, 3.8) is 0 Å². The van der Waals surface area contributed by atoms with E-state index in [1.807, 2.05) is 0 Å². The fourth-order valence-corrected chi connectivity index (χ4v) is 4.56. The van der Waals surface area contributed by atoms with Crippen molar-refractivity contribution in [2.75, 3.05) is 4.72 Å². The number of aryl methyl sites for hydroxylation is 1. The average molecular weight is 412 g/mol. The molecule has 0 radical (unpaired) electrons. The second kappa shape index (κ2) is 5.91. The van der Waals surface area contributed by atoms with Gasteiger partial charge in [0.1, 0.15) is 9.77 Å². The van der Waals surface area contributed by atoms with E-state index in [1.165, 1.54) is 19.2 Å². The van der Waals surface area contributed by atoms with Crippen LogP contribution in [0, 0.1) is 6.92 Å². The zero-order chi connectivity index (χ0) is 15.8. The summed E-state index contributed by atoms with van der Waals surface area (Å²) in [7, 11) is -3.94. The summed E-state index contributed by atoms with van der Waals surface area (Å²) in [6, 6.07) is 2.58. The maximum atomic E-state index is 12.3. The number of carboxylic acids is 1. The highest BCUT2D eigenvalue weighted by Gasteiger charge is 2.23. The van der Waals surface area contributed by atoms with E-state index in [0.717, 1.165) is 17.4 Å². The van der Waals surface area contributed by atoms with Crippen LogP contribution in [0.15, 0.2) is 27.7 Å². The third-order valence-electron chi connectivity index (χ3n) is 2.42. The summed E-state index contributed by atoms with van der Waals surface area (Å²) >= 11 is 9.89. The third kappa shape index (κ3) is 3.54. The number of nitrogens with zero attached hydrogens (tertiary/aromatic N) is 1. The van der Waals surface area contributed by atoms with Gasteiger partial charge in [0.25, 0.3) is 10.0 Å². The molecule has 2 N–H and O–H groups in total. The average Bonchev–Trinajstić information content (AvgIpc) is 2.77. The van der Waals surface area contributed by atoms with Gasteiger partial charge >= 0.3 is 5.97 Å². The number of hydrogen-bond donors (Lipinski definition) is 2. The van der Waals surface area contributed by atoms with Gasteiger partial charge in [0.15, 0.2) is 5.15 Å². The summed E-state index contributed by atoms with van der Waals surface area (Å²) in [5, 5.41) is 8.91. The lowest BCUT2D eigenvalue weighted by Crippen LogP contribution is -2.13. The zero-order valence-electron chi connectivity index (χ0n) is 10.4. The van der Waals surface area contributed by atoms with Crippen LogP contribution in [0.1, 0.15) is 14.5 Å². The minimum absolute atomic E-state index is 0.00637. The Balaban J connectivity index is 2.43. The number of pyridine rings is 1. The maximum Gasteiger partial charge on any atom is 0.345 e. The molecule has 6 nitrogen and oxygen atoms in total. The quantitative estimate of drug-likeness (QED) is 0.752. The first-order valence-corrected chi connectivity index (χ1v) is 8.85. The highest BCUT2D eigenvalue weighted by Crippen LogP contribution is 2.30. The molecule has 0 aliphatic carbocycles. The second-order valence-corrected chi connectivity index (χ2v) is 8.11. The van der Waals surface area contributed by atoms with Crippen LogP contribution < -0.4 is 4.72 Å². The predicted octanol–water partition coefficient (Wildman–Crippen LogP) is 3.37. The van der Waals surface area contributed by atoms with Crippen LogP contribution in [-0.2, 0) is 10.0 Å². The molecule has 0 unspecified atom stereocenters. The van der Waals surface area contributed by atoms with Crippen molar-refractivity contribution >= 4 is 60.5 Å². The lowest BCUT2D eigenvalue weighted by molar-refractivity contribution is 0.0702. The highest BCUT2D eigenvalue weighted by atomic mass is 79.9. The molecule has 112 valence electrons. The molecule has 2 heterocycles. The molecule has 0 fully saturated rings. The van der Waals surface area contributed by atoms with Gasteiger partial charge in [-0.3, -0.25) is 4.72 Å². The van der Waals surface area contributed by atoms with E-state index in [0.29, 0.717) is 9.35 Å². The van der Waals surface area contributed by atoms with Gasteiger partial charge in [0.2, 0.25) is 0 Å². The standard InChI is InChI=1S/C11H8BrClN2O4S2/c1-5-9(3-8(20-5)11(16)17)21(18,19)15-7-2-6(12)4-14-10(7)13/h2-4,15H,1H3,(H,16,17). The van der Waals surface area contributed by atoms with E-state index in [4.69, 9.17) is 16.7 Å². The van der Waals surface area contributed by atoms with Gasteiger partial charge in [-0.25, -0.2) is 18.2 Å². The topological polar surface area (TPSA) is 96.4 Å². The maximum absolute atomic E-state index is 12.3. The van der Waals surface area contributed by atoms with Crippen molar-refractivity contribution < 1.29 is 18.3 Å². The van der Waals surface area contributed by atoms with Crippen LogP contribution in [0.3, 0.4) is 0 Å². The molecule has 2 rings (SSSR count). The van der Waals surface area contributed by atoms with Crippen molar-refractivity contribution in [2.45, 2.75) is 11.8 Å². The Morgan fingerprint density at radius 3 is 2.71 bits per heavy atom. The van der Waals surface area contributed by atoms with Crippen LogP contribution in [-0.4, -0.2) is 24.5 Å². The van der Waals surface area contributed by atoms with Crippen molar-refractivity contribution in [1.82, 2.24) is 4.98 Å². The van der Waals surface area contributed by atoms with Crippen LogP contribution in [0.2, 0.25) is 5.15 Å². The molecule has 2 aromatic heterocycles. The highest BCUT2D eigenvalue weighted by molar-refractivity contribution is 9.10. The Bertz CT molecular complexity index is 820. The Kier molecular flexibility index (Phi) is 4.57.